The fraction of sp³-hybridized carbons (Fsp3) is 0.333. The molecule has 0 amide bonds. The lowest BCUT2D eigenvalue weighted by Crippen LogP contribution is -2.11. The Kier molecular flexibility index (Phi) is 5.93. The lowest BCUT2D eigenvalue weighted by molar-refractivity contribution is 0.0800. The van der Waals surface area contributed by atoms with Crippen LogP contribution in [0.4, 0.5) is 0 Å². The summed E-state index contributed by atoms with van der Waals surface area (Å²) in [5, 5.41) is 1.40. The van der Waals surface area contributed by atoms with Crippen LogP contribution in [0.15, 0.2) is 46.5 Å². The second kappa shape index (κ2) is 8.42. The second-order valence-corrected chi connectivity index (χ2v) is 8.06. The summed E-state index contributed by atoms with van der Waals surface area (Å²) in [7, 11) is 0. The van der Waals surface area contributed by atoms with Crippen molar-refractivity contribution in [3.8, 4) is 11.1 Å². The van der Waals surface area contributed by atoms with Crippen molar-refractivity contribution in [2.24, 2.45) is 0 Å². The highest BCUT2D eigenvalue weighted by Crippen LogP contribution is 2.50. The minimum absolute atomic E-state index is 0.291. The molecular formula is C24H24Cl2O2. The van der Waals surface area contributed by atoms with Crippen molar-refractivity contribution >= 4 is 35.4 Å². The molecule has 0 radical (unpaired) electrons. The Balaban J connectivity index is 2.01. The average molecular weight is 415 g/mol. The van der Waals surface area contributed by atoms with Crippen LogP contribution in [0, 0.1) is 0 Å². The molecule has 0 N–H and O–H groups in total. The van der Waals surface area contributed by atoms with Crippen molar-refractivity contribution in [1.29, 1.82) is 0 Å². The number of benzene rings is 2. The topological polar surface area (TPSA) is 18.5 Å². The van der Waals surface area contributed by atoms with Gasteiger partial charge in [-0.3, -0.25) is 0 Å². The lowest BCUT2D eigenvalue weighted by atomic mass is 9.88. The predicted molar refractivity (Wildman–Crippen MR) is 118 cm³/mol. The number of hydrogen-bond acceptors (Lipinski definition) is 2. The van der Waals surface area contributed by atoms with Crippen molar-refractivity contribution in [2.45, 2.75) is 38.9 Å². The SMILES string of the molecule is CCCOC1C(Cl)=Cc2cccc3c2-c2c1cccc2C(OCCC)C(Cl)=C3. The highest BCUT2D eigenvalue weighted by atomic mass is 35.5. The Hall–Kier alpha value is -1.58. The molecular weight excluding hydrogens is 391 g/mol. The van der Waals surface area contributed by atoms with Gasteiger partial charge in [0.25, 0.3) is 0 Å². The van der Waals surface area contributed by atoms with Gasteiger partial charge in [0, 0.05) is 13.2 Å². The first kappa shape index (κ1) is 19.7. The first-order valence-electron chi connectivity index (χ1n) is 9.89. The Morgan fingerprint density at radius 1 is 0.714 bits per heavy atom. The van der Waals surface area contributed by atoms with Gasteiger partial charge in [0.15, 0.2) is 0 Å². The van der Waals surface area contributed by atoms with Gasteiger partial charge in [-0.1, -0.05) is 73.4 Å². The molecule has 2 atom stereocenters. The zero-order valence-corrected chi connectivity index (χ0v) is 17.7. The van der Waals surface area contributed by atoms with Gasteiger partial charge < -0.3 is 9.47 Å². The molecule has 0 heterocycles. The van der Waals surface area contributed by atoms with Crippen molar-refractivity contribution in [3.05, 3.63) is 68.7 Å². The third kappa shape index (κ3) is 3.44. The van der Waals surface area contributed by atoms with E-state index in [2.05, 4.69) is 38.1 Å². The maximum absolute atomic E-state index is 6.76. The first-order chi connectivity index (χ1) is 13.7. The minimum Gasteiger partial charge on any atom is -0.368 e. The summed E-state index contributed by atoms with van der Waals surface area (Å²) in [5.74, 6) is 0. The maximum Gasteiger partial charge on any atom is 0.119 e. The summed E-state index contributed by atoms with van der Waals surface area (Å²) in [5.41, 5.74) is 6.58. The molecule has 0 bridgehead atoms. The molecule has 146 valence electrons. The standard InChI is InChI=1S/C24H24Cl2O2/c1-3-11-27-23-17-9-6-10-18-22(17)21-15(13-19(23)25)7-5-8-16(21)14-20(26)24(18)28-12-4-2/h5-10,13-14,23-24H,3-4,11-12H2,1-2H3. The molecule has 2 aromatic carbocycles. The van der Waals surface area contributed by atoms with Crippen LogP contribution >= 0.6 is 23.2 Å². The second-order valence-electron chi connectivity index (χ2n) is 7.18. The van der Waals surface area contributed by atoms with E-state index >= 15 is 0 Å². The van der Waals surface area contributed by atoms with Crippen LogP contribution in [-0.4, -0.2) is 13.2 Å². The van der Waals surface area contributed by atoms with Gasteiger partial charge in [-0.25, -0.2) is 0 Å². The van der Waals surface area contributed by atoms with Crippen molar-refractivity contribution in [2.75, 3.05) is 13.2 Å². The van der Waals surface area contributed by atoms with Gasteiger partial charge in [-0.2, -0.15) is 0 Å². The number of halogens is 2. The molecule has 0 saturated carbocycles. The van der Waals surface area contributed by atoms with Gasteiger partial charge in [0.2, 0.25) is 0 Å². The molecule has 0 fully saturated rings. The molecule has 2 unspecified atom stereocenters. The quantitative estimate of drug-likeness (QED) is 0.487. The Morgan fingerprint density at radius 2 is 1.18 bits per heavy atom. The summed E-state index contributed by atoms with van der Waals surface area (Å²) in [6, 6.07) is 12.5. The molecule has 0 spiro atoms. The average Bonchev–Trinajstić information content (AvgIpc) is 2.89. The first-order valence-corrected chi connectivity index (χ1v) is 10.6. The lowest BCUT2D eigenvalue weighted by Gasteiger charge is -2.24. The monoisotopic (exact) mass is 414 g/mol. The van der Waals surface area contributed by atoms with E-state index in [0.29, 0.717) is 23.3 Å². The summed E-state index contributed by atoms with van der Waals surface area (Å²) in [6.07, 6.45) is 5.34. The van der Waals surface area contributed by atoms with Gasteiger partial charge in [0.1, 0.15) is 12.2 Å². The Morgan fingerprint density at radius 3 is 1.64 bits per heavy atom. The van der Waals surface area contributed by atoms with E-state index in [4.69, 9.17) is 32.7 Å². The Labute approximate surface area is 176 Å². The summed E-state index contributed by atoms with van der Waals surface area (Å²) in [4.78, 5) is 0. The third-order valence-corrected chi connectivity index (χ3v) is 5.75. The summed E-state index contributed by atoms with van der Waals surface area (Å²) >= 11 is 13.5. The van der Waals surface area contributed by atoms with Crippen LogP contribution in [0.1, 0.15) is 61.2 Å². The predicted octanol–water partition coefficient (Wildman–Crippen LogP) is 7.48. The van der Waals surface area contributed by atoms with Crippen LogP contribution in [0.2, 0.25) is 0 Å². The van der Waals surface area contributed by atoms with E-state index in [1.165, 1.54) is 0 Å². The summed E-state index contributed by atoms with van der Waals surface area (Å²) < 4.78 is 12.4. The van der Waals surface area contributed by atoms with Gasteiger partial charge in [-0.05, 0) is 58.4 Å². The van der Waals surface area contributed by atoms with Crippen LogP contribution in [0.3, 0.4) is 0 Å². The third-order valence-electron chi connectivity index (χ3n) is 5.14. The van der Waals surface area contributed by atoms with E-state index in [-0.39, 0.29) is 12.2 Å². The largest absolute Gasteiger partial charge is 0.368 e. The summed E-state index contributed by atoms with van der Waals surface area (Å²) in [6.45, 7) is 5.50. The zero-order valence-electron chi connectivity index (χ0n) is 16.2. The molecule has 2 aliphatic rings. The molecule has 2 nitrogen and oxygen atoms in total. The van der Waals surface area contributed by atoms with Gasteiger partial charge >= 0.3 is 0 Å². The maximum atomic E-state index is 6.76. The van der Waals surface area contributed by atoms with Crippen LogP contribution in [0.25, 0.3) is 23.3 Å². The van der Waals surface area contributed by atoms with Gasteiger partial charge in [-0.15, -0.1) is 0 Å². The van der Waals surface area contributed by atoms with E-state index < -0.39 is 0 Å². The van der Waals surface area contributed by atoms with Crippen LogP contribution < -0.4 is 0 Å². The molecule has 2 aromatic rings. The highest BCUT2D eigenvalue weighted by molar-refractivity contribution is 6.33. The highest BCUT2D eigenvalue weighted by Gasteiger charge is 2.32. The normalized spacial score (nSPS) is 20.0. The number of rotatable bonds is 6. The molecule has 4 rings (SSSR count). The fourth-order valence-corrected chi connectivity index (χ4v) is 4.58. The fourth-order valence-electron chi connectivity index (χ4n) is 3.99. The van der Waals surface area contributed by atoms with E-state index in [1.54, 1.807) is 0 Å². The molecule has 0 aromatic heterocycles. The number of hydrogen-bond donors (Lipinski definition) is 0. The van der Waals surface area contributed by atoms with E-state index in [0.717, 1.165) is 46.2 Å². The molecule has 28 heavy (non-hydrogen) atoms. The van der Waals surface area contributed by atoms with Crippen molar-refractivity contribution < 1.29 is 9.47 Å². The number of ether oxygens (including phenoxy) is 2. The van der Waals surface area contributed by atoms with Crippen molar-refractivity contribution in [3.63, 3.8) is 0 Å². The van der Waals surface area contributed by atoms with Crippen LogP contribution in [-0.2, 0) is 9.47 Å². The minimum atomic E-state index is -0.291. The molecule has 4 heteroatoms. The zero-order chi connectivity index (χ0) is 19.7. The van der Waals surface area contributed by atoms with Crippen LogP contribution in [0.5, 0.6) is 0 Å². The smallest absolute Gasteiger partial charge is 0.119 e. The molecule has 0 saturated heterocycles. The molecule has 2 aliphatic carbocycles. The van der Waals surface area contributed by atoms with E-state index in [1.807, 2.05) is 24.3 Å². The Bertz CT molecular complexity index is 877. The van der Waals surface area contributed by atoms with Crippen molar-refractivity contribution in [1.82, 2.24) is 0 Å². The van der Waals surface area contributed by atoms with Gasteiger partial charge in [0.05, 0.1) is 10.1 Å². The van der Waals surface area contributed by atoms with E-state index in [9.17, 15) is 0 Å². The molecule has 0 aliphatic heterocycles.